The fourth-order valence-electron chi connectivity index (χ4n) is 1.75. The molecule has 0 radical (unpaired) electrons. The molecule has 0 fully saturated rings. The number of hydrogen-bond donors (Lipinski definition) is 1. The highest BCUT2D eigenvalue weighted by atomic mass is 16.5. The van der Waals surface area contributed by atoms with E-state index < -0.39 is 0 Å². The molecule has 96 valence electrons. The number of tetrazole rings is 1. The van der Waals surface area contributed by atoms with E-state index in [2.05, 4.69) is 29.4 Å². The van der Waals surface area contributed by atoms with Crippen molar-refractivity contribution >= 4 is 5.69 Å². The van der Waals surface area contributed by atoms with Gasteiger partial charge in [0.15, 0.2) is 5.82 Å². The van der Waals surface area contributed by atoms with Gasteiger partial charge in [-0.05, 0) is 34.5 Å². The van der Waals surface area contributed by atoms with Crippen LogP contribution in [-0.4, -0.2) is 27.3 Å². The smallest absolute Gasteiger partial charge is 0.182 e. The molecule has 0 aliphatic heterocycles. The van der Waals surface area contributed by atoms with Gasteiger partial charge in [-0.1, -0.05) is 13.8 Å². The minimum Gasteiger partial charge on any atom is -0.495 e. The Morgan fingerprint density at radius 2 is 2.17 bits per heavy atom. The summed E-state index contributed by atoms with van der Waals surface area (Å²) in [5, 5.41) is 11.7. The quantitative estimate of drug-likeness (QED) is 0.830. The molecule has 1 aromatic carbocycles. The van der Waals surface area contributed by atoms with Crippen molar-refractivity contribution < 1.29 is 4.74 Å². The normalized spacial score (nSPS) is 10.9. The van der Waals surface area contributed by atoms with E-state index in [-0.39, 0.29) is 0 Å². The lowest BCUT2D eigenvalue weighted by Crippen LogP contribution is -2.08. The Labute approximate surface area is 106 Å². The van der Waals surface area contributed by atoms with E-state index >= 15 is 0 Å². The molecule has 2 rings (SSSR count). The van der Waals surface area contributed by atoms with Crippen LogP contribution in [0, 0.1) is 5.92 Å². The van der Waals surface area contributed by atoms with Crippen molar-refractivity contribution in [3.63, 3.8) is 0 Å². The highest BCUT2D eigenvalue weighted by molar-refractivity contribution is 5.66. The van der Waals surface area contributed by atoms with Gasteiger partial charge in [0.1, 0.15) is 5.75 Å². The number of methoxy groups -OCH3 is 1. The predicted molar refractivity (Wildman–Crippen MR) is 69.1 cm³/mol. The van der Waals surface area contributed by atoms with Crippen molar-refractivity contribution in [1.82, 2.24) is 20.2 Å². The number of anilines is 1. The lowest BCUT2D eigenvalue weighted by molar-refractivity contribution is 0.417. The fourth-order valence-corrected chi connectivity index (χ4v) is 1.75. The number of nitrogens with zero attached hydrogens (tertiary/aromatic N) is 4. The largest absolute Gasteiger partial charge is 0.495 e. The topological polar surface area (TPSA) is 78.9 Å². The summed E-state index contributed by atoms with van der Waals surface area (Å²) < 4.78 is 6.91. The third-order valence-corrected chi connectivity index (χ3v) is 2.56. The lowest BCUT2D eigenvalue weighted by Gasteiger charge is -2.09. The number of aromatic nitrogens is 4. The molecule has 6 nitrogen and oxygen atoms in total. The molecule has 1 heterocycles. The number of ether oxygens (including phenoxy) is 1. The van der Waals surface area contributed by atoms with E-state index in [4.69, 9.17) is 10.5 Å². The second kappa shape index (κ2) is 5.03. The average molecular weight is 247 g/mol. The van der Waals surface area contributed by atoms with Crippen LogP contribution in [-0.2, 0) is 6.54 Å². The van der Waals surface area contributed by atoms with Crippen molar-refractivity contribution in [2.24, 2.45) is 5.92 Å². The van der Waals surface area contributed by atoms with Crippen LogP contribution >= 0.6 is 0 Å². The summed E-state index contributed by atoms with van der Waals surface area (Å²) >= 11 is 0. The number of hydrogen-bond acceptors (Lipinski definition) is 5. The first-order valence-electron chi connectivity index (χ1n) is 5.82. The molecule has 0 atom stereocenters. The van der Waals surface area contributed by atoms with Gasteiger partial charge < -0.3 is 10.5 Å². The molecule has 0 amide bonds. The maximum absolute atomic E-state index is 5.89. The van der Waals surface area contributed by atoms with Gasteiger partial charge in [-0.25, -0.2) is 4.68 Å². The van der Waals surface area contributed by atoms with E-state index in [1.807, 2.05) is 18.2 Å². The van der Waals surface area contributed by atoms with Gasteiger partial charge in [0.05, 0.1) is 12.8 Å². The van der Waals surface area contributed by atoms with Crippen LogP contribution in [0.1, 0.15) is 13.8 Å². The van der Waals surface area contributed by atoms with Crippen LogP contribution in [0.2, 0.25) is 0 Å². The molecule has 0 unspecified atom stereocenters. The van der Waals surface area contributed by atoms with E-state index in [1.54, 1.807) is 11.8 Å². The minimum atomic E-state index is 0.475. The lowest BCUT2D eigenvalue weighted by atomic mass is 10.1. The van der Waals surface area contributed by atoms with Crippen LogP contribution < -0.4 is 10.5 Å². The first-order chi connectivity index (χ1) is 8.61. The summed E-state index contributed by atoms with van der Waals surface area (Å²) in [5.41, 5.74) is 7.35. The van der Waals surface area contributed by atoms with Crippen molar-refractivity contribution in [3.05, 3.63) is 18.2 Å². The fraction of sp³-hybridized carbons (Fsp3) is 0.417. The molecule has 0 saturated heterocycles. The summed E-state index contributed by atoms with van der Waals surface area (Å²) in [6.07, 6.45) is 0. The zero-order valence-electron chi connectivity index (χ0n) is 10.8. The van der Waals surface area contributed by atoms with Crippen molar-refractivity contribution in [2.75, 3.05) is 12.8 Å². The minimum absolute atomic E-state index is 0.475. The molecular formula is C12H17N5O. The van der Waals surface area contributed by atoms with Crippen LogP contribution in [0.25, 0.3) is 11.4 Å². The van der Waals surface area contributed by atoms with Gasteiger partial charge in [0.25, 0.3) is 0 Å². The van der Waals surface area contributed by atoms with Gasteiger partial charge in [-0.15, -0.1) is 5.10 Å². The van der Waals surface area contributed by atoms with E-state index in [0.717, 1.165) is 17.9 Å². The van der Waals surface area contributed by atoms with Crippen molar-refractivity contribution in [3.8, 4) is 17.1 Å². The molecule has 6 heteroatoms. The molecule has 1 aromatic heterocycles. The Bertz CT molecular complexity index is 535. The molecule has 18 heavy (non-hydrogen) atoms. The van der Waals surface area contributed by atoms with E-state index in [0.29, 0.717) is 17.4 Å². The molecule has 0 spiro atoms. The summed E-state index contributed by atoms with van der Waals surface area (Å²) in [7, 11) is 1.59. The zero-order chi connectivity index (χ0) is 13.1. The second-order valence-electron chi connectivity index (χ2n) is 4.54. The number of nitrogens with two attached hydrogens (primary N) is 1. The van der Waals surface area contributed by atoms with Crippen LogP contribution in [0.15, 0.2) is 18.2 Å². The van der Waals surface area contributed by atoms with Crippen molar-refractivity contribution in [1.29, 1.82) is 0 Å². The average Bonchev–Trinajstić information content (AvgIpc) is 2.76. The Hall–Kier alpha value is -2.11. The van der Waals surface area contributed by atoms with Gasteiger partial charge in [-0.3, -0.25) is 0 Å². The third-order valence-electron chi connectivity index (χ3n) is 2.56. The maximum Gasteiger partial charge on any atom is 0.182 e. The Morgan fingerprint density at radius 1 is 1.39 bits per heavy atom. The summed E-state index contributed by atoms with van der Waals surface area (Å²) in [6.45, 7) is 5.01. The Kier molecular flexibility index (Phi) is 3.45. The number of benzene rings is 1. The SMILES string of the molecule is COc1ccc(-c2nnnn2CC(C)C)cc1N. The molecule has 0 bridgehead atoms. The van der Waals surface area contributed by atoms with E-state index in [1.165, 1.54) is 0 Å². The first-order valence-corrected chi connectivity index (χ1v) is 5.82. The highest BCUT2D eigenvalue weighted by Gasteiger charge is 2.11. The van der Waals surface area contributed by atoms with Crippen LogP contribution in [0.5, 0.6) is 5.75 Å². The molecule has 0 aliphatic carbocycles. The number of rotatable bonds is 4. The monoisotopic (exact) mass is 247 g/mol. The van der Waals surface area contributed by atoms with E-state index in [9.17, 15) is 0 Å². The summed E-state index contributed by atoms with van der Waals surface area (Å²) in [5.74, 6) is 1.85. The van der Waals surface area contributed by atoms with Gasteiger partial charge >= 0.3 is 0 Å². The van der Waals surface area contributed by atoms with Gasteiger partial charge in [0.2, 0.25) is 0 Å². The second-order valence-corrected chi connectivity index (χ2v) is 4.54. The summed E-state index contributed by atoms with van der Waals surface area (Å²) in [4.78, 5) is 0. The molecular weight excluding hydrogens is 230 g/mol. The molecule has 0 aliphatic rings. The Balaban J connectivity index is 2.37. The predicted octanol–water partition coefficient (Wildman–Crippen LogP) is 1.59. The maximum atomic E-state index is 5.89. The van der Waals surface area contributed by atoms with Gasteiger partial charge in [-0.2, -0.15) is 0 Å². The van der Waals surface area contributed by atoms with Crippen LogP contribution in [0.3, 0.4) is 0 Å². The summed E-state index contributed by atoms with van der Waals surface area (Å²) in [6, 6.07) is 5.54. The zero-order valence-corrected chi connectivity index (χ0v) is 10.8. The van der Waals surface area contributed by atoms with Crippen LogP contribution in [0.4, 0.5) is 5.69 Å². The number of nitrogen functional groups attached to an aromatic ring is 1. The van der Waals surface area contributed by atoms with Gasteiger partial charge in [0, 0.05) is 12.1 Å². The molecule has 0 saturated carbocycles. The first kappa shape index (κ1) is 12.3. The molecule has 2 N–H and O–H groups in total. The standard InChI is InChI=1S/C12H17N5O/c1-8(2)7-17-12(14-15-16-17)9-4-5-11(18-3)10(13)6-9/h4-6,8H,7,13H2,1-3H3. The molecule has 2 aromatic rings. The van der Waals surface area contributed by atoms with Crippen molar-refractivity contribution in [2.45, 2.75) is 20.4 Å². The third kappa shape index (κ3) is 2.42. The highest BCUT2D eigenvalue weighted by Crippen LogP contribution is 2.27. The Morgan fingerprint density at radius 3 is 2.78 bits per heavy atom.